The molecule has 15 heavy (non-hydrogen) atoms. The van der Waals surface area contributed by atoms with Crippen molar-refractivity contribution < 1.29 is 0 Å². The van der Waals surface area contributed by atoms with E-state index in [0.717, 1.165) is 18.1 Å². The van der Waals surface area contributed by atoms with E-state index in [0.29, 0.717) is 5.92 Å². The molecule has 4 heteroatoms. The standard InChI is InChI=1S/C11H20N4/c1-11(2,3)8(12)6-9-13-10(15-14-9)7-4-5-7/h7-8H,4-6,12H2,1-3H3,(H,13,14,15). The maximum atomic E-state index is 6.10. The molecule has 1 aliphatic carbocycles. The van der Waals surface area contributed by atoms with Crippen molar-refractivity contribution in [2.24, 2.45) is 11.1 Å². The Labute approximate surface area is 90.7 Å². The van der Waals surface area contributed by atoms with Crippen molar-refractivity contribution in [3.8, 4) is 0 Å². The second-order valence-electron chi connectivity index (χ2n) is 5.59. The number of hydrogen-bond acceptors (Lipinski definition) is 3. The number of nitrogens with one attached hydrogen (secondary N) is 1. The van der Waals surface area contributed by atoms with Crippen LogP contribution in [0.4, 0.5) is 0 Å². The van der Waals surface area contributed by atoms with Crippen molar-refractivity contribution in [3.63, 3.8) is 0 Å². The molecule has 84 valence electrons. The molecule has 0 radical (unpaired) electrons. The molecular formula is C11H20N4. The van der Waals surface area contributed by atoms with E-state index in [1.807, 2.05) is 0 Å². The SMILES string of the molecule is CC(C)(C)C(N)Cc1nc(C2CC2)n[nH]1. The molecule has 1 aromatic heterocycles. The first kappa shape index (κ1) is 10.6. The highest BCUT2D eigenvalue weighted by atomic mass is 15.2. The normalized spacial score (nSPS) is 19.2. The zero-order chi connectivity index (χ0) is 11.1. The first-order valence-corrected chi connectivity index (χ1v) is 5.63. The summed E-state index contributed by atoms with van der Waals surface area (Å²) in [6, 6.07) is 0.123. The Morgan fingerprint density at radius 2 is 2.13 bits per heavy atom. The van der Waals surface area contributed by atoms with Gasteiger partial charge in [-0.25, -0.2) is 4.98 Å². The molecule has 0 aromatic carbocycles. The first-order valence-electron chi connectivity index (χ1n) is 5.63. The molecule has 3 N–H and O–H groups in total. The van der Waals surface area contributed by atoms with Gasteiger partial charge in [-0.2, -0.15) is 5.10 Å². The summed E-state index contributed by atoms with van der Waals surface area (Å²) in [6.45, 7) is 6.45. The zero-order valence-corrected chi connectivity index (χ0v) is 9.75. The molecular weight excluding hydrogens is 188 g/mol. The number of nitrogens with zero attached hydrogens (tertiary/aromatic N) is 2. The molecule has 0 spiro atoms. The maximum absolute atomic E-state index is 6.10. The van der Waals surface area contributed by atoms with Crippen molar-refractivity contribution in [3.05, 3.63) is 11.6 Å². The van der Waals surface area contributed by atoms with E-state index in [9.17, 15) is 0 Å². The Morgan fingerprint density at radius 1 is 1.47 bits per heavy atom. The molecule has 1 saturated carbocycles. The fraction of sp³-hybridized carbons (Fsp3) is 0.818. The minimum absolute atomic E-state index is 0.118. The van der Waals surface area contributed by atoms with Gasteiger partial charge in [0.25, 0.3) is 0 Å². The van der Waals surface area contributed by atoms with Crippen molar-refractivity contribution in [1.29, 1.82) is 0 Å². The minimum Gasteiger partial charge on any atom is -0.327 e. The second kappa shape index (κ2) is 3.59. The number of H-pyrrole nitrogens is 1. The van der Waals surface area contributed by atoms with Crippen LogP contribution in [0.1, 0.15) is 51.2 Å². The molecule has 1 unspecified atom stereocenters. The molecule has 0 bridgehead atoms. The summed E-state index contributed by atoms with van der Waals surface area (Å²) in [5, 5.41) is 7.21. The highest BCUT2D eigenvalue weighted by Crippen LogP contribution is 2.37. The fourth-order valence-electron chi connectivity index (χ4n) is 1.44. The number of hydrogen-bond donors (Lipinski definition) is 2. The molecule has 1 fully saturated rings. The van der Waals surface area contributed by atoms with E-state index < -0.39 is 0 Å². The minimum atomic E-state index is 0.118. The lowest BCUT2D eigenvalue weighted by Crippen LogP contribution is -2.37. The topological polar surface area (TPSA) is 67.6 Å². The predicted octanol–water partition coefficient (Wildman–Crippen LogP) is 1.60. The lowest BCUT2D eigenvalue weighted by Gasteiger charge is -2.25. The first-order chi connectivity index (χ1) is 6.97. The van der Waals surface area contributed by atoms with E-state index in [2.05, 4.69) is 36.0 Å². The Kier molecular flexibility index (Phi) is 2.54. The summed E-state index contributed by atoms with van der Waals surface area (Å²) in [4.78, 5) is 4.48. The van der Waals surface area contributed by atoms with Gasteiger partial charge >= 0.3 is 0 Å². The third-order valence-electron chi connectivity index (χ3n) is 3.02. The van der Waals surface area contributed by atoms with Crippen molar-refractivity contribution in [2.75, 3.05) is 0 Å². The van der Waals surface area contributed by atoms with Crippen LogP contribution in [0.25, 0.3) is 0 Å². The van der Waals surface area contributed by atoms with Gasteiger partial charge in [0.1, 0.15) is 5.82 Å². The smallest absolute Gasteiger partial charge is 0.153 e. The van der Waals surface area contributed by atoms with E-state index in [4.69, 9.17) is 5.73 Å². The highest BCUT2D eigenvalue weighted by Gasteiger charge is 2.28. The summed E-state index contributed by atoms with van der Waals surface area (Å²) in [5.74, 6) is 2.52. The van der Waals surface area contributed by atoms with Crippen LogP contribution in [0.2, 0.25) is 0 Å². The molecule has 0 amide bonds. The van der Waals surface area contributed by atoms with Gasteiger partial charge in [0, 0.05) is 18.4 Å². The van der Waals surface area contributed by atoms with Gasteiger partial charge in [-0.15, -0.1) is 0 Å². The van der Waals surface area contributed by atoms with Crippen LogP contribution < -0.4 is 5.73 Å². The van der Waals surface area contributed by atoms with Gasteiger partial charge < -0.3 is 5.73 Å². The average Bonchev–Trinajstić information content (AvgIpc) is 2.87. The summed E-state index contributed by atoms with van der Waals surface area (Å²) in [7, 11) is 0. The summed E-state index contributed by atoms with van der Waals surface area (Å²) >= 11 is 0. The lowest BCUT2D eigenvalue weighted by molar-refractivity contribution is 0.315. The Hall–Kier alpha value is -0.900. The maximum Gasteiger partial charge on any atom is 0.153 e. The highest BCUT2D eigenvalue weighted by molar-refractivity contribution is 5.05. The number of nitrogens with two attached hydrogens (primary N) is 1. The van der Waals surface area contributed by atoms with Crippen LogP contribution >= 0.6 is 0 Å². The molecule has 2 rings (SSSR count). The van der Waals surface area contributed by atoms with Crippen molar-refractivity contribution >= 4 is 0 Å². The molecule has 4 nitrogen and oxygen atoms in total. The summed E-state index contributed by atoms with van der Waals surface area (Å²) in [6.07, 6.45) is 3.26. The van der Waals surface area contributed by atoms with Gasteiger partial charge in [-0.05, 0) is 18.3 Å². The van der Waals surface area contributed by atoms with Crippen LogP contribution in [-0.2, 0) is 6.42 Å². The summed E-state index contributed by atoms with van der Waals surface area (Å²) < 4.78 is 0. The number of aromatic nitrogens is 3. The van der Waals surface area contributed by atoms with Gasteiger partial charge in [0.15, 0.2) is 5.82 Å². The van der Waals surface area contributed by atoms with E-state index in [1.165, 1.54) is 12.8 Å². The van der Waals surface area contributed by atoms with E-state index in [-0.39, 0.29) is 11.5 Å². The molecule has 1 atom stereocenters. The molecule has 1 aliphatic rings. The third kappa shape index (κ3) is 2.56. The van der Waals surface area contributed by atoms with Crippen LogP contribution in [0.15, 0.2) is 0 Å². The predicted molar refractivity (Wildman–Crippen MR) is 59.5 cm³/mol. The summed E-state index contributed by atoms with van der Waals surface area (Å²) in [5.41, 5.74) is 6.21. The second-order valence-corrected chi connectivity index (χ2v) is 5.59. The quantitative estimate of drug-likeness (QED) is 0.792. The van der Waals surface area contributed by atoms with Crippen LogP contribution in [-0.4, -0.2) is 21.2 Å². The van der Waals surface area contributed by atoms with Gasteiger partial charge in [0.05, 0.1) is 0 Å². The van der Waals surface area contributed by atoms with Gasteiger partial charge in [-0.3, -0.25) is 5.10 Å². The van der Waals surface area contributed by atoms with Gasteiger partial charge in [0.2, 0.25) is 0 Å². The lowest BCUT2D eigenvalue weighted by atomic mass is 9.85. The van der Waals surface area contributed by atoms with E-state index >= 15 is 0 Å². The largest absolute Gasteiger partial charge is 0.327 e. The monoisotopic (exact) mass is 208 g/mol. The fourth-order valence-corrected chi connectivity index (χ4v) is 1.44. The van der Waals surface area contributed by atoms with Crippen LogP contribution in [0.5, 0.6) is 0 Å². The van der Waals surface area contributed by atoms with Crippen LogP contribution in [0, 0.1) is 5.41 Å². The molecule has 0 aliphatic heterocycles. The Balaban J connectivity index is 1.98. The van der Waals surface area contributed by atoms with Crippen molar-refractivity contribution in [2.45, 2.75) is 52.0 Å². The van der Waals surface area contributed by atoms with E-state index in [1.54, 1.807) is 0 Å². The number of rotatable bonds is 3. The van der Waals surface area contributed by atoms with Crippen molar-refractivity contribution in [1.82, 2.24) is 15.2 Å². The molecule has 1 aromatic rings. The number of aromatic amines is 1. The zero-order valence-electron chi connectivity index (χ0n) is 9.75. The molecule has 0 saturated heterocycles. The van der Waals surface area contributed by atoms with Gasteiger partial charge in [-0.1, -0.05) is 20.8 Å². The third-order valence-corrected chi connectivity index (χ3v) is 3.02. The Morgan fingerprint density at radius 3 is 2.67 bits per heavy atom. The average molecular weight is 208 g/mol. The Bertz CT molecular complexity index is 333. The van der Waals surface area contributed by atoms with Crippen LogP contribution in [0.3, 0.4) is 0 Å². The molecule has 1 heterocycles.